The van der Waals surface area contributed by atoms with Gasteiger partial charge in [0.15, 0.2) is 11.5 Å². The molecular weight excluding hydrogens is 332 g/mol. The lowest BCUT2D eigenvalue weighted by atomic mass is 10.2. The Kier molecular flexibility index (Phi) is 4.82. The molecule has 1 saturated heterocycles. The molecule has 2 aromatic rings. The normalized spacial score (nSPS) is 14.3. The number of hydrogen-bond donors (Lipinski definition) is 1. The number of aromatic nitrogens is 2. The summed E-state index contributed by atoms with van der Waals surface area (Å²) in [5.41, 5.74) is -0.582. The minimum Gasteiger partial charge on any atom is -0.352 e. The van der Waals surface area contributed by atoms with Crippen LogP contribution in [0, 0.1) is 11.6 Å². The van der Waals surface area contributed by atoms with Crippen LogP contribution in [0.4, 0.5) is 20.3 Å². The van der Waals surface area contributed by atoms with Gasteiger partial charge in [-0.05, 0) is 24.3 Å². The van der Waals surface area contributed by atoms with E-state index in [9.17, 15) is 18.4 Å². The number of nitrogens with zero attached hydrogens (tertiary/aromatic N) is 4. The third-order valence-corrected chi connectivity index (χ3v) is 3.87. The number of amides is 2. The second-order valence-electron chi connectivity index (χ2n) is 5.46. The number of para-hydroxylation sites is 1. The van der Waals surface area contributed by atoms with Crippen molar-refractivity contribution >= 4 is 23.8 Å². The highest BCUT2D eigenvalue weighted by Gasteiger charge is 2.19. The van der Waals surface area contributed by atoms with Gasteiger partial charge in [0, 0.05) is 26.2 Å². The van der Waals surface area contributed by atoms with E-state index in [1.165, 1.54) is 12.1 Å². The van der Waals surface area contributed by atoms with E-state index < -0.39 is 23.2 Å². The molecule has 2 heterocycles. The van der Waals surface area contributed by atoms with Crippen molar-refractivity contribution < 1.29 is 18.4 Å². The topological polar surface area (TPSA) is 78.4 Å². The Balaban J connectivity index is 1.68. The van der Waals surface area contributed by atoms with E-state index in [4.69, 9.17) is 0 Å². The Hall–Kier alpha value is -3.10. The van der Waals surface area contributed by atoms with Gasteiger partial charge in [0.2, 0.25) is 6.41 Å². The summed E-state index contributed by atoms with van der Waals surface area (Å²) in [6, 6.07) is 6.34. The van der Waals surface area contributed by atoms with Gasteiger partial charge in [-0.1, -0.05) is 6.07 Å². The van der Waals surface area contributed by atoms with Gasteiger partial charge in [-0.15, -0.1) is 10.2 Å². The second-order valence-corrected chi connectivity index (χ2v) is 5.46. The van der Waals surface area contributed by atoms with Gasteiger partial charge in [0.1, 0.15) is 17.3 Å². The van der Waals surface area contributed by atoms with Crippen LogP contribution in [-0.2, 0) is 4.79 Å². The zero-order chi connectivity index (χ0) is 17.8. The lowest BCUT2D eigenvalue weighted by Crippen LogP contribution is -2.46. The molecular formula is C16H15F2N5O2. The third-order valence-electron chi connectivity index (χ3n) is 3.87. The molecule has 1 fully saturated rings. The Labute approximate surface area is 142 Å². The number of piperazine rings is 1. The fraction of sp³-hybridized carbons (Fsp3) is 0.250. The summed E-state index contributed by atoms with van der Waals surface area (Å²) in [5, 5.41) is 9.95. The quantitative estimate of drug-likeness (QED) is 0.843. The summed E-state index contributed by atoms with van der Waals surface area (Å²) in [5.74, 6) is -1.93. The summed E-state index contributed by atoms with van der Waals surface area (Å²) >= 11 is 0. The van der Waals surface area contributed by atoms with E-state index in [0.717, 1.165) is 18.5 Å². The SMILES string of the molecule is O=CN1CCN(c2ccc(C(=O)Nc3c(F)cccc3F)nn2)CC1. The van der Waals surface area contributed by atoms with Crippen LogP contribution in [-0.4, -0.2) is 53.6 Å². The van der Waals surface area contributed by atoms with E-state index in [0.29, 0.717) is 32.0 Å². The van der Waals surface area contributed by atoms with Gasteiger partial charge in [-0.2, -0.15) is 0 Å². The summed E-state index contributed by atoms with van der Waals surface area (Å²) in [4.78, 5) is 26.4. The largest absolute Gasteiger partial charge is 0.352 e. The summed E-state index contributed by atoms with van der Waals surface area (Å²) in [6.07, 6.45) is 0.804. The molecule has 25 heavy (non-hydrogen) atoms. The molecule has 0 bridgehead atoms. The van der Waals surface area contributed by atoms with Crippen molar-refractivity contribution in [3.8, 4) is 0 Å². The molecule has 2 amide bonds. The first-order chi connectivity index (χ1) is 12.1. The van der Waals surface area contributed by atoms with Gasteiger partial charge in [-0.25, -0.2) is 8.78 Å². The van der Waals surface area contributed by atoms with E-state index in [-0.39, 0.29) is 5.69 Å². The molecule has 1 aromatic carbocycles. The Morgan fingerprint density at radius 2 is 1.72 bits per heavy atom. The first-order valence-electron chi connectivity index (χ1n) is 7.62. The number of halogens is 2. The van der Waals surface area contributed by atoms with Crippen LogP contribution in [0.5, 0.6) is 0 Å². The predicted molar refractivity (Wildman–Crippen MR) is 86.2 cm³/mol. The van der Waals surface area contributed by atoms with Crippen LogP contribution in [0.3, 0.4) is 0 Å². The van der Waals surface area contributed by atoms with Crippen molar-refractivity contribution in [3.05, 3.63) is 47.7 Å². The zero-order valence-electron chi connectivity index (χ0n) is 13.2. The number of anilines is 2. The summed E-state index contributed by atoms with van der Waals surface area (Å²) < 4.78 is 27.1. The minimum absolute atomic E-state index is 0.0575. The van der Waals surface area contributed by atoms with Crippen molar-refractivity contribution in [3.63, 3.8) is 0 Å². The highest BCUT2D eigenvalue weighted by atomic mass is 19.1. The maximum absolute atomic E-state index is 13.6. The predicted octanol–water partition coefficient (Wildman–Crippen LogP) is 1.29. The van der Waals surface area contributed by atoms with Crippen LogP contribution in [0.25, 0.3) is 0 Å². The number of rotatable bonds is 4. The minimum atomic E-state index is -0.869. The number of carbonyl (C=O) groups excluding carboxylic acids is 2. The van der Waals surface area contributed by atoms with Crippen LogP contribution in [0.2, 0.25) is 0 Å². The molecule has 1 aliphatic rings. The third kappa shape index (κ3) is 3.70. The summed E-state index contributed by atoms with van der Waals surface area (Å²) in [7, 11) is 0. The van der Waals surface area contributed by atoms with E-state index >= 15 is 0 Å². The number of hydrogen-bond acceptors (Lipinski definition) is 5. The maximum atomic E-state index is 13.6. The molecule has 1 aromatic heterocycles. The fourth-order valence-electron chi connectivity index (χ4n) is 2.47. The first-order valence-corrected chi connectivity index (χ1v) is 7.62. The highest BCUT2D eigenvalue weighted by Crippen LogP contribution is 2.19. The molecule has 130 valence electrons. The number of nitrogens with one attached hydrogen (secondary N) is 1. The van der Waals surface area contributed by atoms with Crippen LogP contribution < -0.4 is 10.2 Å². The number of carbonyl (C=O) groups is 2. The van der Waals surface area contributed by atoms with Gasteiger partial charge in [0.25, 0.3) is 5.91 Å². The van der Waals surface area contributed by atoms with Crippen LogP contribution in [0.15, 0.2) is 30.3 Å². The standard InChI is InChI=1S/C16H15F2N5O2/c17-11-2-1-3-12(18)15(11)19-16(25)13-4-5-14(21-20-13)23-8-6-22(10-24)7-9-23/h1-5,10H,6-9H2,(H,19,25). The Bertz CT molecular complexity index is 756. The Morgan fingerprint density at radius 3 is 2.28 bits per heavy atom. The fourth-order valence-corrected chi connectivity index (χ4v) is 2.47. The van der Waals surface area contributed by atoms with Gasteiger partial charge >= 0.3 is 0 Å². The van der Waals surface area contributed by atoms with Crippen LogP contribution in [0.1, 0.15) is 10.5 Å². The average molecular weight is 347 g/mol. The van der Waals surface area contributed by atoms with Crippen molar-refractivity contribution in [1.82, 2.24) is 15.1 Å². The first kappa shape index (κ1) is 16.7. The van der Waals surface area contributed by atoms with Crippen molar-refractivity contribution in [2.24, 2.45) is 0 Å². The Morgan fingerprint density at radius 1 is 1.04 bits per heavy atom. The molecule has 3 rings (SSSR count). The lowest BCUT2D eigenvalue weighted by Gasteiger charge is -2.32. The highest BCUT2D eigenvalue weighted by molar-refractivity contribution is 6.02. The van der Waals surface area contributed by atoms with E-state index in [1.54, 1.807) is 11.0 Å². The molecule has 0 saturated carbocycles. The monoisotopic (exact) mass is 347 g/mol. The molecule has 1 aliphatic heterocycles. The molecule has 0 atom stereocenters. The van der Waals surface area contributed by atoms with Crippen molar-refractivity contribution in [2.45, 2.75) is 0 Å². The smallest absolute Gasteiger partial charge is 0.276 e. The van der Waals surface area contributed by atoms with Gasteiger partial charge in [-0.3, -0.25) is 9.59 Å². The lowest BCUT2D eigenvalue weighted by molar-refractivity contribution is -0.118. The second kappa shape index (κ2) is 7.20. The maximum Gasteiger partial charge on any atom is 0.276 e. The molecule has 1 N–H and O–H groups in total. The van der Waals surface area contributed by atoms with E-state index in [1.807, 2.05) is 4.90 Å². The zero-order valence-corrected chi connectivity index (χ0v) is 13.2. The molecule has 0 spiro atoms. The average Bonchev–Trinajstić information content (AvgIpc) is 2.65. The molecule has 0 radical (unpaired) electrons. The van der Waals surface area contributed by atoms with Gasteiger partial charge in [0.05, 0.1) is 0 Å². The van der Waals surface area contributed by atoms with Crippen molar-refractivity contribution in [2.75, 3.05) is 36.4 Å². The van der Waals surface area contributed by atoms with Crippen LogP contribution >= 0.6 is 0 Å². The molecule has 0 unspecified atom stereocenters. The van der Waals surface area contributed by atoms with E-state index in [2.05, 4.69) is 15.5 Å². The molecule has 7 nitrogen and oxygen atoms in total. The van der Waals surface area contributed by atoms with Crippen molar-refractivity contribution in [1.29, 1.82) is 0 Å². The number of benzene rings is 1. The summed E-state index contributed by atoms with van der Waals surface area (Å²) in [6.45, 7) is 2.39. The molecule has 9 heteroatoms. The molecule has 0 aliphatic carbocycles. The van der Waals surface area contributed by atoms with Gasteiger partial charge < -0.3 is 15.1 Å².